The first-order chi connectivity index (χ1) is 9.88. The SMILES string of the molecule is Cc1ccc([N+](=O)[O-])cc1Oc1ncc(C(=O)O)cc1Cl. The van der Waals surface area contributed by atoms with Crippen molar-refractivity contribution in [1.82, 2.24) is 4.98 Å². The van der Waals surface area contributed by atoms with Crippen molar-refractivity contribution in [3.8, 4) is 11.6 Å². The lowest BCUT2D eigenvalue weighted by molar-refractivity contribution is -0.384. The van der Waals surface area contributed by atoms with Gasteiger partial charge in [0.15, 0.2) is 0 Å². The summed E-state index contributed by atoms with van der Waals surface area (Å²) in [4.78, 5) is 24.8. The number of halogens is 1. The number of hydrogen-bond acceptors (Lipinski definition) is 5. The summed E-state index contributed by atoms with van der Waals surface area (Å²) < 4.78 is 5.43. The van der Waals surface area contributed by atoms with Crippen molar-refractivity contribution in [2.24, 2.45) is 0 Å². The molecule has 8 heteroatoms. The zero-order chi connectivity index (χ0) is 15.6. The molecule has 0 atom stereocenters. The van der Waals surface area contributed by atoms with Crippen molar-refractivity contribution in [3.63, 3.8) is 0 Å². The first-order valence-corrected chi connectivity index (χ1v) is 6.08. The Morgan fingerprint density at radius 3 is 2.71 bits per heavy atom. The molecule has 1 aromatic carbocycles. The first kappa shape index (κ1) is 14.7. The molecule has 2 aromatic rings. The van der Waals surface area contributed by atoms with Gasteiger partial charge >= 0.3 is 5.97 Å². The standard InChI is InChI=1S/C13H9ClN2O5/c1-7-2-3-9(16(19)20)5-11(7)21-12-10(14)4-8(6-15-12)13(17)18/h2-6H,1H3,(H,17,18). The molecule has 21 heavy (non-hydrogen) atoms. The molecular weight excluding hydrogens is 300 g/mol. The Kier molecular flexibility index (Phi) is 4.04. The number of pyridine rings is 1. The number of aromatic nitrogens is 1. The number of carbonyl (C=O) groups is 1. The topological polar surface area (TPSA) is 103 Å². The van der Waals surface area contributed by atoms with E-state index < -0.39 is 10.9 Å². The molecule has 0 aliphatic rings. The Labute approximate surface area is 123 Å². The normalized spacial score (nSPS) is 10.2. The summed E-state index contributed by atoms with van der Waals surface area (Å²) in [7, 11) is 0. The number of carboxylic acids is 1. The van der Waals surface area contributed by atoms with Gasteiger partial charge in [0, 0.05) is 12.3 Å². The van der Waals surface area contributed by atoms with E-state index in [1.165, 1.54) is 24.3 Å². The largest absolute Gasteiger partial charge is 0.478 e. The number of ether oxygens (including phenoxy) is 1. The Bertz CT molecular complexity index is 732. The number of benzene rings is 1. The smallest absolute Gasteiger partial charge is 0.337 e. The number of nitro benzene ring substituents is 1. The van der Waals surface area contributed by atoms with E-state index in [4.69, 9.17) is 21.4 Å². The van der Waals surface area contributed by atoms with Crippen molar-refractivity contribution in [3.05, 3.63) is 56.7 Å². The number of carboxylic acid groups (broad SMARTS) is 1. The molecular formula is C13H9ClN2O5. The molecule has 0 unspecified atom stereocenters. The van der Waals surface area contributed by atoms with Crippen LogP contribution in [0.5, 0.6) is 11.6 Å². The van der Waals surface area contributed by atoms with Gasteiger partial charge in [-0.25, -0.2) is 9.78 Å². The number of aromatic carboxylic acids is 1. The van der Waals surface area contributed by atoms with E-state index in [0.717, 1.165) is 6.20 Å². The first-order valence-electron chi connectivity index (χ1n) is 5.70. The fourth-order valence-electron chi connectivity index (χ4n) is 1.53. The van der Waals surface area contributed by atoms with E-state index in [-0.39, 0.29) is 27.9 Å². The molecule has 0 fully saturated rings. The van der Waals surface area contributed by atoms with Crippen LogP contribution in [0.2, 0.25) is 5.02 Å². The Hall–Kier alpha value is -2.67. The monoisotopic (exact) mass is 308 g/mol. The van der Waals surface area contributed by atoms with E-state index in [1.807, 2.05) is 0 Å². The highest BCUT2D eigenvalue weighted by molar-refractivity contribution is 6.32. The van der Waals surface area contributed by atoms with Gasteiger partial charge in [0.25, 0.3) is 5.69 Å². The third-order valence-corrected chi connectivity index (χ3v) is 2.91. The third kappa shape index (κ3) is 3.26. The van der Waals surface area contributed by atoms with Gasteiger partial charge in [0.2, 0.25) is 5.88 Å². The molecule has 0 radical (unpaired) electrons. The lowest BCUT2D eigenvalue weighted by Gasteiger charge is -2.09. The highest BCUT2D eigenvalue weighted by Gasteiger charge is 2.14. The van der Waals surface area contributed by atoms with Gasteiger partial charge in [0.1, 0.15) is 10.8 Å². The summed E-state index contributed by atoms with van der Waals surface area (Å²) in [6.45, 7) is 1.71. The molecule has 0 saturated heterocycles. The minimum Gasteiger partial charge on any atom is -0.478 e. The maximum absolute atomic E-state index is 10.8. The lowest BCUT2D eigenvalue weighted by atomic mass is 10.2. The van der Waals surface area contributed by atoms with Crippen LogP contribution in [0.4, 0.5) is 5.69 Å². The molecule has 2 rings (SSSR count). The second-order valence-corrected chi connectivity index (χ2v) is 4.53. The van der Waals surface area contributed by atoms with E-state index in [2.05, 4.69) is 4.98 Å². The van der Waals surface area contributed by atoms with Gasteiger partial charge in [-0.15, -0.1) is 0 Å². The molecule has 0 saturated carbocycles. The summed E-state index contributed by atoms with van der Waals surface area (Å²) in [6, 6.07) is 5.33. The van der Waals surface area contributed by atoms with Crippen LogP contribution in [-0.4, -0.2) is 21.0 Å². The number of non-ortho nitro benzene ring substituents is 1. The van der Waals surface area contributed by atoms with Gasteiger partial charge in [-0.3, -0.25) is 10.1 Å². The molecule has 0 aliphatic carbocycles. The highest BCUT2D eigenvalue weighted by atomic mass is 35.5. The van der Waals surface area contributed by atoms with Gasteiger partial charge in [0.05, 0.1) is 16.6 Å². The summed E-state index contributed by atoms with van der Waals surface area (Å²) in [5.41, 5.74) is 0.442. The molecule has 0 amide bonds. The quantitative estimate of drug-likeness (QED) is 0.685. The maximum Gasteiger partial charge on any atom is 0.337 e. The van der Waals surface area contributed by atoms with Crippen LogP contribution >= 0.6 is 11.6 Å². The van der Waals surface area contributed by atoms with Crippen LogP contribution in [-0.2, 0) is 0 Å². The number of hydrogen-bond donors (Lipinski definition) is 1. The Morgan fingerprint density at radius 2 is 2.14 bits per heavy atom. The van der Waals surface area contributed by atoms with Gasteiger partial charge in [-0.05, 0) is 24.6 Å². The second-order valence-electron chi connectivity index (χ2n) is 4.13. The van der Waals surface area contributed by atoms with Gasteiger partial charge in [-0.2, -0.15) is 0 Å². The fourth-order valence-corrected chi connectivity index (χ4v) is 1.74. The Balaban J connectivity index is 2.36. The molecule has 1 N–H and O–H groups in total. The number of nitrogens with zero attached hydrogens (tertiary/aromatic N) is 2. The fraction of sp³-hybridized carbons (Fsp3) is 0.0769. The molecule has 1 aromatic heterocycles. The average Bonchev–Trinajstić information content (AvgIpc) is 2.42. The van der Waals surface area contributed by atoms with Gasteiger partial charge in [-0.1, -0.05) is 11.6 Å². The third-order valence-electron chi connectivity index (χ3n) is 2.64. The van der Waals surface area contributed by atoms with E-state index >= 15 is 0 Å². The zero-order valence-electron chi connectivity index (χ0n) is 10.7. The van der Waals surface area contributed by atoms with Crippen LogP contribution in [0.25, 0.3) is 0 Å². The summed E-state index contributed by atoms with van der Waals surface area (Å²) in [5.74, 6) is -0.964. The molecule has 0 aliphatic heterocycles. The number of rotatable bonds is 4. The molecule has 0 bridgehead atoms. The van der Waals surface area contributed by atoms with Crippen LogP contribution in [0, 0.1) is 17.0 Å². The van der Waals surface area contributed by atoms with E-state index in [9.17, 15) is 14.9 Å². The van der Waals surface area contributed by atoms with Crippen LogP contribution in [0.3, 0.4) is 0 Å². The molecule has 1 heterocycles. The molecule has 108 valence electrons. The van der Waals surface area contributed by atoms with Crippen molar-refractivity contribution in [2.75, 3.05) is 0 Å². The van der Waals surface area contributed by atoms with Crippen molar-refractivity contribution in [1.29, 1.82) is 0 Å². The number of aryl methyl sites for hydroxylation is 1. The zero-order valence-corrected chi connectivity index (χ0v) is 11.5. The molecule has 0 spiro atoms. The summed E-state index contributed by atoms with van der Waals surface area (Å²) in [5, 5.41) is 19.6. The average molecular weight is 309 g/mol. The van der Waals surface area contributed by atoms with Crippen molar-refractivity contribution in [2.45, 2.75) is 6.92 Å². The highest BCUT2D eigenvalue weighted by Crippen LogP contribution is 2.31. The Morgan fingerprint density at radius 1 is 1.43 bits per heavy atom. The molecule has 7 nitrogen and oxygen atoms in total. The maximum atomic E-state index is 10.8. The van der Waals surface area contributed by atoms with Gasteiger partial charge < -0.3 is 9.84 Å². The van der Waals surface area contributed by atoms with E-state index in [0.29, 0.717) is 5.56 Å². The minimum absolute atomic E-state index is 0.000746. The second kappa shape index (κ2) is 5.76. The predicted octanol–water partition coefficient (Wildman–Crippen LogP) is 3.44. The van der Waals surface area contributed by atoms with Crippen molar-refractivity contribution >= 4 is 23.3 Å². The predicted molar refractivity (Wildman–Crippen MR) is 74.1 cm³/mol. The van der Waals surface area contributed by atoms with Crippen molar-refractivity contribution < 1.29 is 19.6 Å². The minimum atomic E-state index is -1.16. The van der Waals surface area contributed by atoms with Crippen LogP contribution < -0.4 is 4.74 Å². The summed E-state index contributed by atoms with van der Waals surface area (Å²) >= 11 is 5.89. The summed E-state index contributed by atoms with van der Waals surface area (Å²) in [6.07, 6.45) is 1.09. The lowest BCUT2D eigenvalue weighted by Crippen LogP contribution is -1.99. The number of nitro groups is 1. The van der Waals surface area contributed by atoms with Crippen LogP contribution in [0.15, 0.2) is 30.5 Å². The van der Waals surface area contributed by atoms with E-state index in [1.54, 1.807) is 6.92 Å². The van der Waals surface area contributed by atoms with Crippen LogP contribution in [0.1, 0.15) is 15.9 Å².